The molecule has 11 heteroatoms. The van der Waals surface area contributed by atoms with Gasteiger partial charge in [0, 0.05) is 6.42 Å². The minimum atomic E-state index is -1.62. The Morgan fingerprint density at radius 2 is 0.896 bits per heavy atom. The molecule has 0 aromatic rings. The highest BCUT2D eigenvalue weighted by molar-refractivity contribution is 5.80. The molecule has 1 amide bonds. The predicted octanol–water partition coefficient (Wildman–Crippen LogP) is 15.6. The number of allylic oxidation sites excluding steroid dienone is 7. The fraction of sp³-hybridized carbons (Fsp3) is 0.848. The molecule has 77 heavy (non-hydrogen) atoms. The van der Waals surface area contributed by atoms with Crippen LogP contribution in [0.5, 0.6) is 0 Å². The maximum absolute atomic E-state index is 13.4. The lowest BCUT2D eigenvalue weighted by atomic mass is 9.99. The maximum Gasteiger partial charge on any atom is 0.306 e. The summed E-state index contributed by atoms with van der Waals surface area (Å²) in [5.74, 6) is -1.20. The number of carbonyl (C=O) groups excluding carboxylic acids is 2. The highest BCUT2D eigenvalue weighted by atomic mass is 16.7. The summed E-state index contributed by atoms with van der Waals surface area (Å²) in [5, 5.41) is 57.0. The number of amides is 1. The zero-order valence-electron chi connectivity index (χ0n) is 49.8. The molecule has 0 saturated carbocycles. The first-order valence-electron chi connectivity index (χ1n) is 32.4. The van der Waals surface area contributed by atoms with E-state index in [0.717, 1.165) is 64.2 Å². The molecule has 0 aromatic heterocycles. The predicted molar refractivity (Wildman–Crippen MR) is 320 cm³/mol. The molecule has 0 spiro atoms. The molecule has 1 rings (SSSR count). The van der Waals surface area contributed by atoms with Gasteiger partial charge in [-0.2, -0.15) is 0 Å². The van der Waals surface area contributed by atoms with Gasteiger partial charge in [0.15, 0.2) is 12.4 Å². The lowest BCUT2D eigenvalue weighted by molar-refractivity contribution is -0.305. The zero-order chi connectivity index (χ0) is 56.1. The molecule has 1 heterocycles. The summed E-state index contributed by atoms with van der Waals surface area (Å²) in [4.78, 5) is 26.5. The summed E-state index contributed by atoms with van der Waals surface area (Å²) in [5.41, 5.74) is 0. The molecular weight excluding hydrogens is 967 g/mol. The third-order valence-electron chi connectivity index (χ3n) is 15.2. The quantitative estimate of drug-likeness (QED) is 0.0195. The Bertz CT molecular complexity index is 1440. The van der Waals surface area contributed by atoms with E-state index in [1.165, 1.54) is 186 Å². The van der Waals surface area contributed by atoms with E-state index in [-0.39, 0.29) is 19.4 Å². The first kappa shape index (κ1) is 72.6. The monoisotopic (exact) mass is 1090 g/mol. The van der Waals surface area contributed by atoms with Gasteiger partial charge in [0.05, 0.1) is 25.4 Å². The van der Waals surface area contributed by atoms with Crippen LogP contribution in [0.15, 0.2) is 48.6 Å². The van der Waals surface area contributed by atoms with E-state index in [1.54, 1.807) is 6.08 Å². The second kappa shape index (κ2) is 54.2. The molecule has 450 valence electrons. The summed E-state index contributed by atoms with van der Waals surface area (Å²) in [6.45, 7) is 5.76. The molecule has 6 N–H and O–H groups in total. The summed E-state index contributed by atoms with van der Waals surface area (Å²) in [6.07, 6.45) is 55.8. The molecule has 1 aliphatic rings. The first-order valence-corrected chi connectivity index (χ1v) is 32.4. The number of unbranched alkanes of at least 4 members (excludes halogenated alkanes) is 35. The molecule has 8 atom stereocenters. The number of hydrogen-bond donors (Lipinski definition) is 6. The van der Waals surface area contributed by atoms with Crippen molar-refractivity contribution in [3.8, 4) is 0 Å². The Hall–Kier alpha value is -2.38. The van der Waals surface area contributed by atoms with Crippen molar-refractivity contribution >= 4 is 11.9 Å². The molecular formula is C66H121NO10. The van der Waals surface area contributed by atoms with Crippen molar-refractivity contribution < 1.29 is 49.3 Å². The average Bonchev–Trinajstić information content (AvgIpc) is 3.43. The van der Waals surface area contributed by atoms with E-state index in [2.05, 4.69) is 62.5 Å². The second-order valence-electron chi connectivity index (χ2n) is 22.5. The molecule has 1 saturated heterocycles. The number of ether oxygens (including phenoxy) is 3. The van der Waals surface area contributed by atoms with Crippen molar-refractivity contribution in [3.05, 3.63) is 48.6 Å². The van der Waals surface area contributed by atoms with Gasteiger partial charge in [-0.1, -0.05) is 256 Å². The van der Waals surface area contributed by atoms with E-state index in [1.807, 2.05) is 6.08 Å². The standard InChI is InChI=1S/C66H121NO10/c1-4-7-10-13-16-19-22-25-26-27-28-29-30-31-32-33-34-36-39-42-45-48-51-54-61(71)77-64-63(73)62(72)60(55-68)76-66(64)75-56-57(58(69)52-49-46-43-40-37-24-21-18-15-12-9-6-3)67-65(74)59(70)53-50-47-44-41-38-35-23-20-17-14-11-8-5-2/h16,19,25-26,38,41,49,52,57-60,62-64,66,68-70,72-73H,4-15,17-18,20-24,27-37,39-40,42-48,50-51,53-56H2,1-3H3,(H,67,74)/b19-16-,26-25-,41-38-,52-49+. The molecule has 0 aromatic carbocycles. The zero-order valence-corrected chi connectivity index (χ0v) is 49.8. The van der Waals surface area contributed by atoms with Crippen LogP contribution in [0, 0.1) is 0 Å². The highest BCUT2D eigenvalue weighted by Gasteiger charge is 2.47. The van der Waals surface area contributed by atoms with Crippen LogP contribution in [0.4, 0.5) is 0 Å². The minimum Gasteiger partial charge on any atom is -0.454 e. The number of rotatable bonds is 55. The smallest absolute Gasteiger partial charge is 0.306 e. The Morgan fingerprint density at radius 3 is 1.36 bits per heavy atom. The largest absolute Gasteiger partial charge is 0.454 e. The van der Waals surface area contributed by atoms with Crippen LogP contribution in [-0.2, 0) is 23.8 Å². The van der Waals surface area contributed by atoms with Gasteiger partial charge in [0.1, 0.15) is 24.4 Å². The third-order valence-corrected chi connectivity index (χ3v) is 15.2. The molecule has 0 aliphatic carbocycles. The lowest BCUT2D eigenvalue weighted by Gasteiger charge is -2.41. The van der Waals surface area contributed by atoms with Crippen molar-refractivity contribution in [1.29, 1.82) is 0 Å². The topological polar surface area (TPSA) is 175 Å². The van der Waals surface area contributed by atoms with Crippen LogP contribution in [0.2, 0.25) is 0 Å². The van der Waals surface area contributed by atoms with Gasteiger partial charge in [-0.25, -0.2) is 0 Å². The van der Waals surface area contributed by atoms with Crippen LogP contribution in [0.1, 0.15) is 297 Å². The number of aliphatic hydroxyl groups excluding tert-OH is 5. The maximum atomic E-state index is 13.4. The van der Waals surface area contributed by atoms with Gasteiger partial charge in [-0.15, -0.1) is 0 Å². The molecule has 1 aliphatic heterocycles. The van der Waals surface area contributed by atoms with Gasteiger partial charge < -0.3 is 45.1 Å². The van der Waals surface area contributed by atoms with Crippen LogP contribution >= 0.6 is 0 Å². The Morgan fingerprint density at radius 1 is 0.506 bits per heavy atom. The highest BCUT2D eigenvalue weighted by Crippen LogP contribution is 2.26. The first-order chi connectivity index (χ1) is 37.7. The van der Waals surface area contributed by atoms with Crippen LogP contribution < -0.4 is 5.32 Å². The second-order valence-corrected chi connectivity index (χ2v) is 22.5. The van der Waals surface area contributed by atoms with E-state index in [4.69, 9.17) is 14.2 Å². The lowest BCUT2D eigenvalue weighted by Crippen LogP contribution is -2.61. The molecule has 0 bridgehead atoms. The van der Waals surface area contributed by atoms with E-state index >= 15 is 0 Å². The van der Waals surface area contributed by atoms with Gasteiger partial charge in [0.2, 0.25) is 5.91 Å². The fourth-order valence-corrected chi connectivity index (χ4v) is 10.0. The fourth-order valence-electron chi connectivity index (χ4n) is 10.0. The molecule has 11 nitrogen and oxygen atoms in total. The molecule has 0 radical (unpaired) electrons. The summed E-state index contributed by atoms with van der Waals surface area (Å²) in [6, 6.07) is -1.03. The molecule has 8 unspecified atom stereocenters. The number of aliphatic hydroxyl groups is 5. The number of carbonyl (C=O) groups is 2. The Labute approximate surface area is 472 Å². The Kier molecular flexibility index (Phi) is 51.1. The Balaban J connectivity index is 2.61. The van der Waals surface area contributed by atoms with Gasteiger partial charge in [0.25, 0.3) is 0 Å². The normalized spacial score (nSPS) is 19.3. The molecule has 1 fully saturated rings. The van der Waals surface area contributed by atoms with Crippen LogP contribution in [0.25, 0.3) is 0 Å². The summed E-state index contributed by atoms with van der Waals surface area (Å²) in [7, 11) is 0. The van der Waals surface area contributed by atoms with Crippen LogP contribution in [0.3, 0.4) is 0 Å². The number of esters is 1. The minimum absolute atomic E-state index is 0.122. The van der Waals surface area contributed by atoms with Crippen LogP contribution in [-0.4, -0.2) is 99.6 Å². The summed E-state index contributed by atoms with van der Waals surface area (Å²) < 4.78 is 17.6. The number of nitrogens with one attached hydrogen (secondary N) is 1. The number of hydrogen-bond acceptors (Lipinski definition) is 10. The van der Waals surface area contributed by atoms with E-state index in [9.17, 15) is 35.1 Å². The van der Waals surface area contributed by atoms with Crippen molar-refractivity contribution in [2.75, 3.05) is 13.2 Å². The average molecular weight is 1090 g/mol. The van der Waals surface area contributed by atoms with Crippen molar-refractivity contribution in [1.82, 2.24) is 5.32 Å². The SMILES string of the molecule is CCCCC/C=C\C/C=C\CCCCCCCCCCCCCCCC(=O)OC1C(OCC(NC(=O)C(O)CCCC/C=C\CCCCCCCCC)C(O)/C=C/CCCCCCCCCCCC)OC(CO)C(O)C1O. The summed E-state index contributed by atoms with van der Waals surface area (Å²) >= 11 is 0. The van der Waals surface area contributed by atoms with Gasteiger partial charge >= 0.3 is 5.97 Å². The van der Waals surface area contributed by atoms with Crippen molar-refractivity contribution in [3.63, 3.8) is 0 Å². The van der Waals surface area contributed by atoms with E-state index in [0.29, 0.717) is 12.8 Å². The van der Waals surface area contributed by atoms with E-state index < -0.39 is 67.4 Å². The van der Waals surface area contributed by atoms with Gasteiger partial charge in [-0.3, -0.25) is 9.59 Å². The van der Waals surface area contributed by atoms with Crippen molar-refractivity contribution in [2.45, 2.75) is 346 Å². The van der Waals surface area contributed by atoms with Gasteiger partial charge in [-0.05, 0) is 83.5 Å². The third kappa shape index (κ3) is 42.2. The van der Waals surface area contributed by atoms with Crippen molar-refractivity contribution in [2.24, 2.45) is 0 Å².